The largest absolute Gasteiger partial charge is 0.374 e. The Bertz CT molecular complexity index is 2450. The Hall–Kier alpha value is -6.30. The molecule has 0 saturated carbocycles. The first-order chi connectivity index (χ1) is 29.8. The van der Waals surface area contributed by atoms with Crippen molar-refractivity contribution in [1.82, 2.24) is 29.7 Å². The monoisotopic (exact) mass is 818 g/mol. The van der Waals surface area contributed by atoms with Gasteiger partial charge >= 0.3 is 0 Å². The molecule has 5 aliphatic rings. The average molecular weight is 819 g/mol. The summed E-state index contributed by atoms with van der Waals surface area (Å²) in [5, 5.41) is 20.1. The molecular weight excluding hydrogens is 769 g/mol. The summed E-state index contributed by atoms with van der Waals surface area (Å²) in [7, 11) is 0. The van der Waals surface area contributed by atoms with Crippen molar-refractivity contribution < 1.29 is 19.1 Å². The summed E-state index contributed by atoms with van der Waals surface area (Å²) in [5.74, 6) is 1.09. The number of likely N-dealkylation sites (tertiary alicyclic amines) is 1. The molecule has 5 fully saturated rings. The van der Waals surface area contributed by atoms with E-state index in [2.05, 4.69) is 91.1 Å². The molecule has 14 heteroatoms. The highest BCUT2D eigenvalue weighted by atomic mass is 16.5. The number of piperazine rings is 1. The molecule has 312 valence electrons. The second-order valence-corrected chi connectivity index (χ2v) is 17.1. The van der Waals surface area contributed by atoms with Gasteiger partial charge in [-0.1, -0.05) is 24.3 Å². The molecule has 5 aliphatic heterocycles. The molecule has 0 spiro atoms. The fraction of sp³-hybridized carbons (Fsp3) is 0.404. The molecule has 5 saturated heterocycles. The number of carbonyl (C=O) groups excluding carboxylic acids is 3. The molecule has 2 bridgehead atoms. The first-order valence-electron chi connectivity index (χ1n) is 21.7. The van der Waals surface area contributed by atoms with Gasteiger partial charge in [-0.05, 0) is 105 Å². The number of nitrogens with zero attached hydrogens (tertiary/aromatic N) is 8. The number of piperidine rings is 2. The molecule has 0 radical (unpaired) electrons. The van der Waals surface area contributed by atoms with E-state index in [-0.39, 0.29) is 29.9 Å². The van der Waals surface area contributed by atoms with Crippen molar-refractivity contribution in [3.05, 3.63) is 96.4 Å². The number of aromatic nitrogens is 3. The third-order valence-electron chi connectivity index (χ3n) is 13.3. The molecule has 10 rings (SSSR count). The van der Waals surface area contributed by atoms with Crippen LogP contribution in [0.1, 0.15) is 55.6 Å². The van der Waals surface area contributed by atoms with E-state index in [1.165, 1.54) is 5.56 Å². The van der Waals surface area contributed by atoms with E-state index in [0.29, 0.717) is 44.0 Å². The Morgan fingerprint density at radius 2 is 1.56 bits per heavy atom. The Kier molecular flexibility index (Phi) is 10.6. The fourth-order valence-corrected chi connectivity index (χ4v) is 9.79. The maximum atomic E-state index is 13.4. The number of rotatable bonds is 9. The molecular formula is C47H50N10O4. The third kappa shape index (κ3) is 8.15. The van der Waals surface area contributed by atoms with Crippen LogP contribution in [-0.2, 0) is 19.1 Å². The fourth-order valence-electron chi connectivity index (χ4n) is 9.79. The maximum absolute atomic E-state index is 13.4. The second kappa shape index (κ2) is 16.6. The van der Waals surface area contributed by atoms with Gasteiger partial charge in [0.05, 0.1) is 36.0 Å². The number of hydrogen-bond acceptors (Lipinski definition) is 11. The van der Waals surface area contributed by atoms with Crippen molar-refractivity contribution in [3.8, 4) is 28.3 Å². The van der Waals surface area contributed by atoms with Crippen molar-refractivity contribution in [2.75, 3.05) is 74.0 Å². The highest BCUT2D eigenvalue weighted by Crippen LogP contribution is 2.35. The minimum absolute atomic E-state index is 0.194. The molecule has 2 aromatic carbocycles. The van der Waals surface area contributed by atoms with Gasteiger partial charge in [-0.15, -0.1) is 0 Å². The van der Waals surface area contributed by atoms with Crippen LogP contribution in [0.3, 0.4) is 0 Å². The smallest absolute Gasteiger partial charge is 0.249 e. The van der Waals surface area contributed by atoms with Gasteiger partial charge in [0.15, 0.2) is 0 Å². The highest BCUT2D eigenvalue weighted by Gasteiger charge is 2.34. The minimum Gasteiger partial charge on any atom is -0.374 e. The van der Waals surface area contributed by atoms with Crippen molar-refractivity contribution in [2.45, 2.75) is 62.7 Å². The van der Waals surface area contributed by atoms with Crippen LogP contribution >= 0.6 is 0 Å². The Balaban J connectivity index is 0.726. The van der Waals surface area contributed by atoms with Crippen molar-refractivity contribution in [1.29, 1.82) is 5.26 Å². The van der Waals surface area contributed by atoms with Gasteiger partial charge in [0.2, 0.25) is 17.7 Å². The van der Waals surface area contributed by atoms with Crippen LogP contribution < -0.4 is 20.4 Å². The first kappa shape index (κ1) is 38.9. The van der Waals surface area contributed by atoms with Crippen LogP contribution in [0.2, 0.25) is 0 Å². The number of nitriles is 1. The number of carbonyl (C=O) groups is 3. The summed E-state index contributed by atoms with van der Waals surface area (Å²) in [6.45, 7) is 6.87. The number of pyridine rings is 2. The number of morpholine rings is 1. The molecule has 0 aliphatic carbocycles. The Morgan fingerprint density at radius 3 is 2.25 bits per heavy atom. The van der Waals surface area contributed by atoms with Gasteiger partial charge in [0.25, 0.3) is 0 Å². The molecule has 61 heavy (non-hydrogen) atoms. The van der Waals surface area contributed by atoms with E-state index >= 15 is 0 Å². The summed E-state index contributed by atoms with van der Waals surface area (Å²) < 4.78 is 7.83. The predicted molar refractivity (Wildman–Crippen MR) is 232 cm³/mol. The highest BCUT2D eigenvalue weighted by molar-refractivity contribution is 6.01. The van der Waals surface area contributed by atoms with Gasteiger partial charge in [-0.3, -0.25) is 24.6 Å². The second-order valence-electron chi connectivity index (χ2n) is 17.1. The van der Waals surface area contributed by atoms with Crippen LogP contribution in [0.25, 0.3) is 27.8 Å². The number of anilines is 3. The lowest BCUT2D eigenvalue weighted by Gasteiger charge is -2.38. The van der Waals surface area contributed by atoms with Gasteiger partial charge in [0.1, 0.15) is 17.9 Å². The number of ether oxygens (including phenoxy) is 1. The summed E-state index contributed by atoms with van der Waals surface area (Å²) in [5.41, 5.74) is 8.45. The van der Waals surface area contributed by atoms with E-state index in [9.17, 15) is 19.6 Å². The predicted octanol–water partition coefficient (Wildman–Crippen LogP) is 5.05. The van der Waals surface area contributed by atoms with Gasteiger partial charge in [-0.2, -0.15) is 10.4 Å². The minimum atomic E-state index is -0.393. The van der Waals surface area contributed by atoms with E-state index < -0.39 is 6.04 Å². The molecule has 3 aromatic heterocycles. The van der Waals surface area contributed by atoms with E-state index in [1.807, 2.05) is 29.4 Å². The zero-order chi connectivity index (χ0) is 41.5. The summed E-state index contributed by atoms with van der Waals surface area (Å²) >= 11 is 0. The molecule has 14 nitrogen and oxygen atoms in total. The van der Waals surface area contributed by atoms with Crippen molar-refractivity contribution in [3.63, 3.8) is 0 Å². The SMILES string of the molecule is N#Cc1cnn2cc(-c3ccc(N4CCN(C(=O)CN5CCC(c6ccc(NC7CCC(=O)NC7=O)cc6)CC5)CC4)cc3)cc(-c3ccc(N4CC5CCC(C4)O5)nc3)c12. The Labute approximate surface area is 355 Å². The van der Waals surface area contributed by atoms with Crippen LogP contribution in [-0.4, -0.2) is 119 Å². The molecule has 3 atom stereocenters. The third-order valence-corrected chi connectivity index (χ3v) is 13.3. The number of hydrogen-bond donors (Lipinski definition) is 2. The lowest BCUT2D eigenvalue weighted by molar-refractivity contribution is -0.134. The van der Waals surface area contributed by atoms with Crippen LogP contribution in [0, 0.1) is 11.3 Å². The molecule has 2 N–H and O–H groups in total. The number of amides is 3. The number of imide groups is 1. The lowest BCUT2D eigenvalue weighted by atomic mass is 9.89. The van der Waals surface area contributed by atoms with Crippen LogP contribution in [0.15, 0.2) is 85.3 Å². The van der Waals surface area contributed by atoms with Crippen molar-refractivity contribution in [2.24, 2.45) is 0 Å². The Morgan fingerprint density at radius 1 is 0.820 bits per heavy atom. The van der Waals surface area contributed by atoms with Crippen LogP contribution in [0.5, 0.6) is 0 Å². The summed E-state index contributed by atoms with van der Waals surface area (Å²) in [6, 6.07) is 25.1. The molecule has 8 heterocycles. The average Bonchev–Trinajstić information content (AvgIpc) is 3.88. The van der Waals surface area contributed by atoms with E-state index in [1.54, 1.807) is 10.7 Å². The maximum Gasteiger partial charge on any atom is 0.249 e. The lowest BCUT2D eigenvalue weighted by Crippen LogP contribution is -2.51. The zero-order valence-corrected chi connectivity index (χ0v) is 34.2. The molecule has 3 amide bonds. The number of benzene rings is 2. The standard InChI is InChI=1S/C47H50N10O4/c48-24-36-26-50-57-27-35(23-41(46(36)57)34-5-13-43(49-25-34)56-28-39-10-11-40(29-56)61-39)32-3-8-38(9-4-32)54-19-21-55(22-20-54)45(59)30-53-17-15-33(16-18-53)31-1-6-37(7-2-31)51-42-12-14-44(58)52-47(42)60/h1-9,13,23,25-27,33,39-40,42,51H,10-12,14-22,28-30H2,(H,52,58,60). The topological polar surface area (TPSA) is 151 Å². The van der Waals surface area contributed by atoms with Gasteiger partial charge < -0.3 is 24.8 Å². The van der Waals surface area contributed by atoms with E-state index in [0.717, 1.165) is 110 Å². The molecule has 5 aromatic rings. The van der Waals surface area contributed by atoms with E-state index in [4.69, 9.17) is 9.72 Å². The number of fused-ring (bicyclic) bond motifs is 3. The zero-order valence-electron chi connectivity index (χ0n) is 34.2. The van der Waals surface area contributed by atoms with Crippen molar-refractivity contribution >= 4 is 40.4 Å². The quantitative estimate of drug-likeness (QED) is 0.193. The summed E-state index contributed by atoms with van der Waals surface area (Å²) in [4.78, 5) is 50.9. The summed E-state index contributed by atoms with van der Waals surface area (Å²) in [6.07, 6.45) is 11.1. The molecule has 3 unspecified atom stereocenters. The van der Waals surface area contributed by atoms with Gasteiger partial charge in [0, 0.05) is 86.1 Å². The van der Waals surface area contributed by atoms with Gasteiger partial charge in [-0.25, -0.2) is 9.50 Å². The first-order valence-corrected chi connectivity index (χ1v) is 21.7. The van der Waals surface area contributed by atoms with Crippen LogP contribution in [0.4, 0.5) is 17.2 Å². The normalized spacial score (nSPS) is 22.3. The number of nitrogens with one attached hydrogen (secondary N) is 2.